The van der Waals surface area contributed by atoms with E-state index in [1.54, 1.807) is 0 Å². The standard InChI is InChI=1S/C10H8Cl2N2O4/c1-5(15)7-3-2-6(14(17)18)4-8(7)13-10(16)9(11)12/h2-4,9H,1H3,(H,13,16). The molecule has 0 aromatic heterocycles. The number of nitro benzene ring substituents is 1. The Hall–Kier alpha value is -1.66. The van der Waals surface area contributed by atoms with Gasteiger partial charge in [0.15, 0.2) is 10.6 Å². The smallest absolute Gasteiger partial charge is 0.271 e. The van der Waals surface area contributed by atoms with E-state index in [1.165, 1.54) is 19.1 Å². The van der Waals surface area contributed by atoms with Crippen molar-refractivity contribution in [3.8, 4) is 0 Å². The van der Waals surface area contributed by atoms with Gasteiger partial charge in [0.25, 0.3) is 11.6 Å². The summed E-state index contributed by atoms with van der Waals surface area (Å²) in [5, 5.41) is 12.9. The van der Waals surface area contributed by atoms with Gasteiger partial charge < -0.3 is 5.32 Å². The first-order valence-corrected chi connectivity index (χ1v) is 5.58. The number of ketones is 1. The molecule has 1 rings (SSSR count). The SMILES string of the molecule is CC(=O)c1ccc([N+](=O)[O-])cc1NC(=O)C(Cl)Cl. The van der Waals surface area contributed by atoms with Crippen LogP contribution in [0.3, 0.4) is 0 Å². The fourth-order valence-corrected chi connectivity index (χ4v) is 1.35. The van der Waals surface area contributed by atoms with Gasteiger partial charge in [-0.25, -0.2) is 0 Å². The Morgan fingerprint density at radius 2 is 2.00 bits per heavy atom. The molecule has 18 heavy (non-hydrogen) atoms. The molecule has 1 aromatic carbocycles. The van der Waals surface area contributed by atoms with Crippen molar-refractivity contribution in [3.63, 3.8) is 0 Å². The molecule has 0 bridgehead atoms. The highest BCUT2D eigenvalue weighted by Gasteiger charge is 2.18. The van der Waals surface area contributed by atoms with Crippen LogP contribution in [0.5, 0.6) is 0 Å². The molecule has 0 saturated heterocycles. The van der Waals surface area contributed by atoms with Gasteiger partial charge in [-0.15, -0.1) is 0 Å². The number of hydrogen-bond acceptors (Lipinski definition) is 4. The molecule has 0 spiro atoms. The fraction of sp³-hybridized carbons (Fsp3) is 0.200. The molecule has 6 nitrogen and oxygen atoms in total. The molecule has 0 radical (unpaired) electrons. The van der Waals surface area contributed by atoms with Gasteiger partial charge in [0.1, 0.15) is 0 Å². The second-order valence-electron chi connectivity index (χ2n) is 3.33. The molecule has 0 aliphatic rings. The lowest BCUT2D eigenvalue weighted by Gasteiger charge is -2.09. The van der Waals surface area contributed by atoms with Crippen LogP contribution in [0.4, 0.5) is 11.4 Å². The highest BCUT2D eigenvalue weighted by atomic mass is 35.5. The molecule has 1 amide bonds. The number of halogens is 2. The number of Topliss-reactive ketones (excluding diaryl/α,β-unsaturated/α-hetero) is 1. The van der Waals surface area contributed by atoms with Crippen molar-refractivity contribution in [1.29, 1.82) is 0 Å². The van der Waals surface area contributed by atoms with Gasteiger partial charge in [-0.1, -0.05) is 23.2 Å². The second kappa shape index (κ2) is 5.79. The Kier molecular flexibility index (Phi) is 4.63. The highest BCUT2D eigenvalue weighted by molar-refractivity contribution is 6.54. The summed E-state index contributed by atoms with van der Waals surface area (Å²) < 4.78 is 0. The maximum Gasteiger partial charge on any atom is 0.271 e. The third kappa shape index (κ3) is 3.41. The van der Waals surface area contributed by atoms with Gasteiger partial charge in [-0.3, -0.25) is 19.7 Å². The van der Waals surface area contributed by atoms with E-state index in [2.05, 4.69) is 5.32 Å². The Labute approximate surface area is 112 Å². The van der Waals surface area contributed by atoms with Crippen LogP contribution in [-0.2, 0) is 4.79 Å². The summed E-state index contributed by atoms with van der Waals surface area (Å²) in [6.07, 6.45) is 0. The van der Waals surface area contributed by atoms with Crippen molar-refractivity contribution in [2.45, 2.75) is 11.8 Å². The first-order chi connectivity index (χ1) is 8.32. The van der Waals surface area contributed by atoms with E-state index in [4.69, 9.17) is 23.2 Å². The van der Waals surface area contributed by atoms with E-state index in [0.29, 0.717) is 0 Å². The number of nitro groups is 1. The van der Waals surface area contributed by atoms with E-state index in [-0.39, 0.29) is 22.7 Å². The van der Waals surface area contributed by atoms with Crippen LogP contribution in [0, 0.1) is 10.1 Å². The number of rotatable bonds is 4. The maximum absolute atomic E-state index is 11.3. The predicted octanol–water partition coefficient (Wildman–Crippen LogP) is 2.54. The van der Waals surface area contributed by atoms with E-state index < -0.39 is 15.7 Å². The van der Waals surface area contributed by atoms with Crippen LogP contribution in [-0.4, -0.2) is 21.5 Å². The van der Waals surface area contributed by atoms with Gasteiger partial charge in [0, 0.05) is 17.7 Å². The number of anilines is 1. The normalized spacial score (nSPS) is 10.2. The third-order valence-electron chi connectivity index (χ3n) is 2.05. The Morgan fingerprint density at radius 1 is 1.39 bits per heavy atom. The molecule has 0 unspecified atom stereocenters. The molecule has 0 aliphatic heterocycles. The number of alkyl halides is 2. The quantitative estimate of drug-likeness (QED) is 0.399. The third-order valence-corrected chi connectivity index (χ3v) is 2.45. The number of hydrogen-bond donors (Lipinski definition) is 1. The minimum absolute atomic E-state index is 0.00741. The van der Waals surface area contributed by atoms with Crippen LogP contribution in [0.1, 0.15) is 17.3 Å². The molecular weight excluding hydrogens is 283 g/mol. The Balaban J connectivity index is 3.19. The van der Waals surface area contributed by atoms with Crippen molar-refractivity contribution in [2.75, 3.05) is 5.32 Å². The van der Waals surface area contributed by atoms with Crippen molar-refractivity contribution in [3.05, 3.63) is 33.9 Å². The highest BCUT2D eigenvalue weighted by Crippen LogP contribution is 2.23. The van der Waals surface area contributed by atoms with Gasteiger partial charge in [0.05, 0.1) is 10.6 Å². The molecule has 0 aliphatic carbocycles. The zero-order chi connectivity index (χ0) is 13.9. The van der Waals surface area contributed by atoms with Crippen molar-refractivity contribution >= 4 is 46.3 Å². The molecule has 1 N–H and O–H groups in total. The first kappa shape index (κ1) is 14.4. The Morgan fingerprint density at radius 3 is 2.44 bits per heavy atom. The molecule has 1 aromatic rings. The summed E-state index contributed by atoms with van der Waals surface area (Å²) in [7, 11) is 0. The number of nitrogens with one attached hydrogen (secondary N) is 1. The van der Waals surface area contributed by atoms with Gasteiger partial charge >= 0.3 is 0 Å². The number of benzene rings is 1. The lowest BCUT2D eigenvalue weighted by molar-refractivity contribution is -0.384. The van der Waals surface area contributed by atoms with E-state index in [0.717, 1.165) is 6.07 Å². The van der Waals surface area contributed by atoms with E-state index >= 15 is 0 Å². The van der Waals surface area contributed by atoms with Crippen LogP contribution < -0.4 is 5.32 Å². The van der Waals surface area contributed by atoms with Gasteiger partial charge in [-0.2, -0.15) is 0 Å². The predicted molar refractivity (Wildman–Crippen MR) is 67.2 cm³/mol. The van der Waals surface area contributed by atoms with E-state index in [1.807, 2.05) is 0 Å². The fourth-order valence-electron chi connectivity index (χ4n) is 1.24. The maximum atomic E-state index is 11.3. The molecule has 96 valence electrons. The molecule has 0 heterocycles. The summed E-state index contributed by atoms with van der Waals surface area (Å²) in [4.78, 5) is 31.3. The molecule has 0 fully saturated rings. The van der Waals surface area contributed by atoms with Crippen molar-refractivity contribution in [2.24, 2.45) is 0 Å². The van der Waals surface area contributed by atoms with Gasteiger partial charge in [-0.05, 0) is 13.0 Å². The number of carbonyl (C=O) groups is 2. The zero-order valence-electron chi connectivity index (χ0n) is 9.15. The average Bonchev–Trinajstić information content (AvgIpc) is 2.28. The average molecular weight is 291 g/mol. The first-order valence-electron chi connectivity index (χ1n) is 4.71. The lowest BCUT2D eigenvalue weighted by atomic mass is 10.1. The largest absolute Gasteiger partial charge is 0.323 e. The van der Waals surface area contributed by atoms with Crippen LogP contribution in [0.15, 0.2) is 18.2 Å². The monoisotopic (exact) mass is 290 g/mol. The number of amides is 1. The van der Waals surface area contributed by atoms with E-state index in [9.17, 15) is 19.7 Å². The summed E-state index contributed by atoms with van der Waals surface area (Å²) in [5.41, 5.74) is -0.105. The van der Waals surface area contributed by atoms with Crippen LogP contribution >= 0.6 is 23.2 Å². The summed E-state index contributed by atoms with van der Waals surface area (Å²) in [6.45, 7) is 1.27. The molecule has 0 atom stereocenters. The molecular formula is C10H8Cl2N2O4. The second-order valence-corrected chi connectivity index (χ2v) is 4.43. The van der Waals surface area contributed by atoms with Crippen molar-refractivity contribution in [1.82, 2.24) is 0 Å². The number of nitrogens with zero attached hydrogens (tertiary/aromatic N) is 1. The lowest BCUT2D eigenvalue weighted by Crippen LogP contribution is -2.20. The Bertz CT molecular complexity index is 517. The van der Waals surface area contributed by atoms with Crippen molar-refractivity contribution < 1.29 is 14.5 Å². The zero-order valence-corrected chi connectivity index (χ0v) is 10.7. The summed E-state index contributed by atoms with van der Waals surface area (Å²) in [5.74, 6) is -1.11. The van der Waals surface area contributed by atoms with Crippen LogP contribution in [0.2, 0.25) is 0 Å². The topological polar surface area (TPSA) is 89.3 Å². The molecule has 8 heteroatoms. The van der Waals surface area contributed by atoms with Crippen LogP contribution in [0.25, 0.3) is 0 Å². The minimum Gasteiger partial charge on any atom is -0.323 e. The minimum atomic E-state index is -1.33. The summed E-state index contributed by atoms with van der Waals surface area (Å²) >= 11 is 10.7. The van der Waals surface area contributed by atoms with Gasteiger partial charge in [0.2, 0.25) is 0 Å². The molecule has 0 saturated carbocycles. The summed E-state index contributed by atoms with van der Waals surface area (Å²) in [6, 6.07) is 3.50. The number of carbonyl (C=O) groups excluding carboxylic acids is 2. The number of non-ortho nitro benzene ring substituents is 1.